The topological polar surface area (TPSA) is 0 Å². The maximum Gasteiger partial charge on any atom is 0.0249 e. The summed E-state index contributed by atoms with van der Waals surface area (Å²) in [6, 6.07) is 17.2. The highest BCUT2D eigenvalue weighted by atomic mass is 14.3. The third-order valence-corrected chi connectivity index (χ3v) is 6.70. The van der Waals surface area contributed by atoms with Crippen LogP contribution in [-0.4, -0.2) is 0 Å². The lowest BCUT2D eigenvalue weighted by Crippen LogP contribution is -2.13. The van der Waals surface area contributed by atoms with E-state index >= 15 is 0 Å². The van der Waals surface area contributed by atoms with Crippen molar-refractivity contribution < 1.29 is 0 Å². The van der Waals surface area contributed by atoms with Crippen LogP contribution in [0.15, 0.2) is 48.5 Å². The third kappa shape index (κ3) is 7.96. The Morgan fingerprint density at radius 2 is 1.16 bits per heavy atom. The molecule has 0 unspecified atom stereocenters. The summed E-state index contributed by atoms with van der Waals surface area (Å²) >= 11 is 0. The van der Waals surface area contributed by atoms with E-state index in [0.29, 0.717) is 0 Å². The first-order valence-electron chi connectivity index (χ1n) is 12.4. The van der Waals surface area contributed by atoms with E-state index in [1.807, 2.05) is 31.2 Å². The van der Waals surface area contributed by atoms with Gasteiger partial charge in [-0.1, -0.05) is 81.8 Å². The maximum atomic E-state index is 3.30. The molecule has 162 valence electrons. The lowest BCUT2D eigenvalue weighted by molar-refractivity contribution is 0.302. The monoisotopic (exact) mass is 410 g/mol. The highest BCUT2D eigenvalue weighted by Gasteiger charge is 2.21. The third-order valence-electron chi connectivity index (χ3n) is 6.70. The van der Waals surface area contributed by atoms with Gasteiger partial charge in [-0.25, -0.2) is 0 Å². The molecule has 0 spiro atoms. The SMILES string of the molecule is CC#Cc1ccc(C#Cc2ccc([C@H]3CC[C@H](CCCCCCCC)CC3)cc2)cc1. The van der Waals surface area contributed by atoms with Crippen molar-refractivity contribution in [1.82, 2.24) is 0 Å². The van der Waals surface area contributed by atoms with E-state index in [2.05, 4.69) is 54.9 Å². The fraction of sp³-hybridized carbons (Fsp3) is 0.484. The Hall–Kier alpha value is -2.44. The summed E-state index contributed by atoms with van der Waals surface area (Å²) in [5.74, 6) is 14.3. The van der Waals surface area contributed by atoms with Gasteiger partial charge in [0.2, 0.25) is 0 Å². The molecule has 0 aliphatic heterocycles. The normalized spacial score (nSPS) is 17.9. The van der Waals surface area contributed by atoms with Crippen molar-refractivity contribution in [3.63, 3.8) is 0 Å². The molecule has 0 saturated heterocycles. The molecule has 0 amide bonds. The second kappa shape index (κ2) is 13.1. The lowest BCUT2D eigenvalue weighted by atomic mass is 9.77. The van der Waals surface area contributed by atoms with Crippen molar-refractivity contribution in [2.45, 2.75) is 90.4 Å². The highest BCUT2D eigenvalue weighted by Crippen LogP contribution is 2.37. The molecule has 1 saturated carbocycles. The van der Waals surface area contributed by atoms with Crippen LogP contribution in [0.25, 0.3) is 0 Å². The van der Waals surface area contributed by atoms with Gasteiger partial charge in [0.25, 0.3) is 0 Å². The fourth-order valence-corrected chi connectivity index (χ4v) is 4.76. The zero-order valence-electron chi connectivity index (χ0n) is 19.6. The first kappa shape index (κ1) is 23.2. The van der Waals surface area contributed by atoms with Crippen molar-refractivity contribution in [2.75, 3.05) is 0 Å². The molecule has 0 heteroatoms. The molecule has 0 aromatic heterocycles. The number of hydrogen-bond acceptors (Lipinski definition) is 0. The molecule has 2 aromatic carbocycles. The van der Waals surface area contributed by atoms with Crippen molar-refractivity contribution >= 4 is 0 Å². The molecule has 0 N–H and O–H groups in total. The van der Waals surface area contributed by atoms with E-state index in [1.165, 1.54) is 76.2 Å². The van der Waals surface area contributed by atoms with Crippen LogP contribution < -0.4 is 0 Å². The second-order valence-corrected chi connectivity index (χ2v) is 9.10. The number of unbranched alkanes of at least 4 members (excludes halogenated alkanes) is 5. The molecule has 31 heavy (non-hydrogen) atoms. The molecule has 3 rings (SSSR count). The molecule has 1 aliphatic carbocycles. The van der Waals surface area contributed by atoms with Gasteiger partial charge in [-0.15, -0.1) is 5.92 Å². The summed E-state index contributed by atoms with van der Waals surface area (Å²) in [7, 11) is 0. The minimum absolute atomic E-state index is 0.745. The molecule has 0 atom stereocenters. The van der Waals surface area contributed by atoms with Gasteiger partial charge in [-0.05, 0) is 86.4 Å². The average Bonchev–Trinajstić information content (AvgIpc) is 2.82. The van der Waals surface area contributed by atoms with E-state index in [-0.39, 0.29) is 0 Å². The number of benzene rings is 2. The molecule has 0 nitrogen and oxygen atoms in total. The fourth-order valence-electron chi connectivity index (χ4n) is 4.76. The molecule has 1 fully saturated rings. The second-order valence-electron chi connectivity index (χ2n) is 9.10. The number of rotatable bonds is 8. The smallest absolute Gasteiger partial charge is 0.0249 e. The molecule has 2 aromatic rings. The van der Waals surface area contributed by atoms with Crippen LogP contribution in [0.4, 0.5) is 0 Å². The Bertz CT molecular complexity index is 885. The predicted octanol–water partition coefficient (Wildman–Crippen LogP) is 8.48. The predicted molar refractivity (Wildman–Crippen MR) is 134 cm³/mol. The summed E-state index contributed by atoms with van der Waals surface area (Å²) in [5, 5.41) is 0. The molecular formula is C31H38. The largest absolute Gasteiger partial charge is 0.101 e. The van der Waals surface area contributed by atoms with Gasteiger partial charge < -0.3 is 0 Å². The van der Waals surface area contributed by atoms with Crippen molar-refractivity contribution in [3.05, 3.63) is 70.8 Å². The van der Waals surface area contributed by atoms with Gasteiger partial charge in [-0.3, -0.25) is 0 Å². The molecular weight excluding hydrogens is 372 g/mol. The van der Waals surface area contributed by atoms with E-state index in [4.69, 9.17) is 0 Å². The van der Waals surface area contributed by atoms with Crippen LogP contribution in [0.2, 0.25) is 0 Å². The Morgan fingerprint density at radius 1 is 0.645 bits per heavy atom. The molecule has 0 bridgehead atoms. The van der Waals surface area contributed by atoms with E-state index in [9.17, 15) is 0 Å². The van der Waals surface area contributed by atoms with Gasteiger partial charge in [0.05, 0.1) is 0 Å². The summed E-state index contributed by atoms with van der Waals surface area (Å²) in [4.78, 5) is 0. The molecule has 0 radical (unpaired) electrons. The summed E-state index contributed by atoms with van der Waals surface area (Å²) < 4.78 is 0. The summed E-state index contributed by atoms with van der Waals surface area (Å²) in [6.07, 6.45) is 15.5. The van der Waals surface area contributed by atoms with Crippen LogP contribution in [-0.2, 0) is 0 Å². The van der Waals surface area contributed by atoms with Gasteiger partial charge in [0.15, 0.2) is 0 Å². The standard InChI is InChI=1S/C31H38/c1-3-5-6-7-8-9-11-27-18-22-30(23-19-27)31-24-20-29(21-25-31)17-16-28-14-12-26(10-4-2)13-15-28/h12-15,20-21,24-25,27,30H,3,5-9,11,18-19,22-23H2,1-2H3/t27-,30-. The lowest BCUT2D eigenvalue weighted by Gasteiger charge is -2.29. The molecule has 1 aliphatic rings. The Morgan fingerprint density at radius 3 is 1.74 bits per heavy atom. The van der Waals surface area contributed by atoms with Crippen LogP contribution in [0.1, 0.15) is 113 Å². The summed E-state index contributed by atoms with van der Waals surface area (Å²) in [5.41, 5.74) is 4.68. The van der Waals surface area contributed by atoms with Crippen LogP contribution in [0.3, 0.4) is 0 Å². The summed E-state index contributed by atoms with van der Waals surface area (Å²) in [6.45, 7) is 4.16. The highest BCUT2D eigenvalue weighted by molar-refractivity contribution is 5.46. The number of hydrogen-bond donors (Lipinski definition) is 0. The average molecular weight is 411 g/mol. The Labute approximate surface area is 190 Å². The Kier molecular flexibility index (Phi) is 9.80. The molecule has 0 heterocycles. The first-order valence-corrected chi connectivity index (χ1v) is 12.4. The van der Waals surface area contributed by atoms with Gasteiger partial charge in [-0.2, -0.15) is 0 Å². The minimum atomic E-state index is 0.745. The maximum absolute atomic E-state index is 3.30. The van der Waals surface area contributed by atoms with E-state index in [0.717, 1.165) is 28.5 Å². The minimum Gasteiger partial charge on any atom is -0.101 e. The Balaban J connectivity index is 1.43. The zero-order valence-corrected chi connectivity index (χ0v) is 19.6. The van der Waals surface area contributed by atoms with Crippen LogP contribution >= 0.6 is 0 Å². The van der Waals surface area contributed by atoms with E-state index in [1.54, 1.807) is 0 Å². The van der Waals surface area contributed by atoms with Gasteiger partial charge in [0.1, 0.15) is 0 Å². The van der Waals surface area contributed by atoms with E-state index < -0.39 is 0 Å². The van der Waals surface area contributed by atoms with Crippen LogP contribution in [0.5, 0.6) is 0 Å². The van der Waals surface area contributed by atoms with Crippen molar-refractivity contribution in [2.24, 2.45) is 5.92 Å². The first-order chi connectivity index (χ1) is 15.3. The van der Waals surface area contributed by atoms with Gasteiger partial charge >= 0.3 is 0 Å². The zero-order chi connectivity index (χ0) is 21.7. The van der Waals surface area contributed by atoms with Crippen molar-refractivity contribution in [1.29, 1.82) is 0 Å². The van der Waals surface area contributed by atoms with Gasteiger partial charge in [0, 0.05) is 16.7 Å². The van der Waals surface area contributed by atoms with Crippen molar-refractivity contribution in [3.8, 4) is 23.7 Å². The van der Waals surface area contributed by atoms with Crippen LogP contribution in [0, 0.1) is 29.6 Å². The quantitative estimate of drug-likeness (QED) is 0.302.